The lowest BCUT2D eigenvalue weighted by Crippen LogP contribution is -2.13. The summed E-state index contributed by atoms with van der Waals surface area (Å²) >= 11 is 0. The maximum atomic E-state index is 6.22. The van der Waals surface area contributed by atoms with Crippen molar-refractivity contribution in [2.24, 2.45) is 5.73 Å². The van der Waals surface area contributed by atoms with E-state index in [4.69, 9.17) is 10.5 Å². The second-order valence-electron chi connectivity index (χ2n) is 4.66. The van der Waals surface area contributed by atoms with Crippen LogP contribution in [0, 0.1) is 0 Å². The molecule has 5 heteroatoms. The lowest BCUT2D eigenvalue weighted by atomic mass is 10.1. The van der Waals surface area contributed by atoms with Gasteiger partial charge in [-0.1, -0.05) is 42.5 Å². The predicted octanol–water partition coefficient (Wildman–Crippen LogP) is 2.53. The molecule has 1 atom stereocenters. The van der Waals surface area contributed by atoms with E-state index in [2.05, 4.69) is 15.2 Å². The van der Waals surface area contributed by atoms with Crippen LogP contribution in [0.4, 0.5) is 0 Å². The summed E-state index contributed by atoms with van der Waals surface area (Å²) in [6, 6.07) is 17.1. The Hall–Kier alpha value is -2.66. The van der Waals surface area contributed by atoms with E-state index in [-0.39, 0.29) is 6.04 Å². The zero-order valence-corrected chi connectivity index (χ0v) is 11.7. The lowest BCUT2D eigenvalue weighted by Gasteiger charge is -2.09. The molecule has 0 fully saturated rings. The molecule has 0 aliphatic carbocycles. The van der Waals surface area contributed by atoms with E-state index in [1.54, 1.807) is 7.11 Å². The summed E-state index contributed by atoms with van der Waals surface area (Å²) < 4.78 is 5.14. The van der Waals surface area contributed by atoms with Crippen LogP contribution in [0.3, 0.4) is 0 Å². The molecule has 3 rings (SSSR count). The van der Waals surface area contributed by atoms with Crippen molar-refractivity contribution in [2.45, 2.75) is 6.04 Å². The molecule has 0 radical (unpaired) electrons. The molecular formula is C16H16N4O. The van der Waals surface area contributed by atoms with Gasteiger partial charge in [0.1, 0.15) is 11.6 Å². The first-order chi connectivity index (χ1) is 10.3. The molecule has 3 N–H and O–H groups in total. The summed E-state index contributed by atoms with van der Waals surface area (Å²) in [7, 11) is 1.64. The highest BCUT2D eigenvalue weighted by Crippen LogP contribution is 2.21. The van der Waals surface area contributed by atoms with Gasteiger partial charge in [-0.3, -0.25) is 5.10 Å². The summed E-state index contributed by atoms with van der Waals surface area (Å²) in [5.74, 6) is 2.09. The number of rotatable bonds is 4. The number of hydrogen-bond donors (Lipinski definition) is 2. The summed E-state index contributed by atoms with van der Waals surface area (Å²) in [4.78, 5) is 4.48. The van der Waals surface area contributed by atoms with Gasteiger partial charge < -0.3 is 10.5 Å². The Labute approximate surface area is 122 Å². The molecule has 0 bridgehead atoms. The fourth-order valence-electron chi connectivity index (χ4n) is 2.10. The number of benzene rings is 2. The van der Waals surface area contributed by atoms with E-state index in [1.807, 2.05) is 54.6 Å². The molecule has 1 aromatic heterocycles. The van der Waals surface area contributed by atoms with Crippen molar-refractivity contribution in [1.29, 1.82) is 0 Å². The minimum absolute atomic E-state index is 0.346. The Kier molecular flexibility index (Phi) is 3.66. The van der Waals surface area contributed by atoms with E-state index >= 15 is 0 Å². The standard InChI is InChI=1S/C16H16N4O/c1-21-13-9-7-11(8-10-13)14(17)16-18-15(19-20-16)12-5-3-2-4-6-12/h2-10,14H,17H2,1H3,(H,18,19,20). The fraction of sp³-hybridized carbons (Fsp3) is 0.125. The Morgan fingerprint density at radius 3 is 2.43 bits per heavy atom. The van der Waals surface area contributed by atoms with Crippen molar-refractivity contribution in [1.82, 2.24) is 15.2 Å². The van der Waals surface area contributed by atoms with Crippen LogP contribution in [-0.4, -0.2) is 22.3 Å². The number of nitrogens with zero attached hydrogens (tertiary/aromatic N) is 2. The van der Waals surface area contributed by atoms with Crippen LogP contribution in [0.5, 0.6) is 5.75 Å². The van der Waals surface area contributed by atoms with E-state index in [9.17, 15) is 0 Å². The molecule has 0 saturated heterocycles. The number of ether oxygens (including phenoxy) is 1. The van der Waals surface area contributed by atoms with Crippen molar-refractivity contribution in [2.75, 3.05) is 7.11 Å². The maximum absolute atomic E-state index is 6.22. The summed E-state index contributed by atoms with van der Waals surface area (Å²) in [5.41, 5.74) is 8.14. The Balaban J connectivity index is 1.85. The van der Waals surface area contributed by atoms with Gasteiger partial charge in [0, 0.05) is 5.56 Å². The molecule has 0 aliphatic rings. The normalized spacial score (nSPS) is 12.1. The number of H-pyrrole nitrogens is 1. The number of nitrogens with one attached hydrogen (secondary N) is 1. The third-order valence-corrected chi connectivity index (χ3v) is 3.30. The van der Waals surface area contributed by atoms with Gasteiger partial charge in [-0.15, -0.1) is 0 Å². The molecule has 1 heterocycles. The minimum atomic E-state index is -0.346. The second kappa shape index (κ2) is 5.76. The van der Waals surface area contributed by atoms with Crippen LogP contribution in [0.15, 0.2) is 54.6 Å². The van der Waals surface area contributed by atoms with Gasteiger partial charge in [-0.25, -0.2) is 4.98 Å². The van der Waals surface area contributed by atoms with Crippen LogP contribution >= 0.6 is 0 Å². The molecule has 0 amide bonds. The maximum Gasteiger partial charge on any atom is 0.181 e. The van der Waals surface area contributed by atoms with Crippen molar-refractivity contribution < 1.29 is 4.74 Å². The van der Waals surface area contributed by atoms with E-state index in [0.29, 0.717) is 11.6 Å². The first kappa shape index (κ1) is 13.3. The number of aromatic amines is 1. The fourth-order valence-corrected chi connectivity index (χ4v) is 2.10. The average Bonchev–Trinajstić information content (AvgIpc) is 3.05. The molecule has 0 spiro atoms. The summed E-state index contributed by atoms with van der Waals surface area (Å²) in [5, 5.41) is 7.14. The third kappa shape index (κ3) is 2.78. The van der Waals surface area contributed by atoms with E-state index in [1.165, 1.54) is 0 Å². The van der Waals surface area contributed by atoms with Gasteiger partial charge in [-0.2, -0.15) is 5.10 Å². The van der Waals surface area contributed by atoms with Crippen LogP contribution in [0.1, 0.15) is 17.4 Å². The Morgan fingerprint density at radius 1 is 1.05 bits per heavy atom. The monoisotopic (exact) mass is 280 g/mol. The Morgan fingerprint density at radius 2 is 1.76 bits per heavy atom. The second-order valence-corrected chi connectivity index (χ2v) is 4.66. The van der Waals surface area contributed by atoms with Gasteiger partial charge >= 0.3 is 0 Å². The number of methoxy groups -OCH3 is 1. The number of hydrogen-bond acceptors (Lipinski definition) is 4. The zero-order chi connectivity index (χ0) is 14.7. The molecule has 1 unspecified atom stereocenters. The molecule has 2 aromatic carbocycles. The highest BCUT2D eigenvalue weighted by molar-refractivity contribution is 5.54. The van der Waals surface area contributed by atoms with Crippen LogP contribution < -0.4 is 10.5 Å². The number of nitrogens with two attached hydrogens (primary N) is 1. The molecule has 0 aliphatic heterocycles. The SMILES string of the molecule is COc1ccc(C(N)c2nc(-c3ccccc3)n[nH]2)cc1. The lowest BCUT2D eigenvalue weighted by molar-refractivity contribution is 0.414. The molecule has 0 saturated carbocycles. The van der Waals surface area contributed by atoms with E-state index < -0.39 is 0 Å². The quantitative estimate of drug-likeness (QED) is 0.770. The van der Waals surface area contributed by atoms with Gasteiger partial charge in [0.15, 0.2) is 5.82 Å². The molecular weight excluding hydrogens is 264 g/mol. The first-order valence-electron chi connectivity index (χ1n) is 6.65. The van der Waals surface area contributed by atoms with E-state index in [0.717, 1.165) is 16.9 Å². The van der Waals surface area contributed by atoms with Crippen molar-refractivity contribution >= 4 is 0 Å². The predicted molar refractivity (Wildman–Crippen MR) is 80.8 cm³/mol. The highest BCUT2D eigenvalue weighted by atomic mass is 16.5. The molecule has 3 aromatic rings. The van der Waals surface area contributed by atoms with Crippen LogP contribution in [0.25, 0.3) is 11.4 Å². The van der Waals surface area contributed by atoms with Crippen LogP contribution in [0.2, 0.25) is 0 Å². The minimum Gasteiger partial charge on any atom is -0.497 e. The van der Waals surface area contributed by atoms with Crippen LogP contribution in [-0.2, 0) is 0 Å². The van der Waals surface area contributed by atoms with Gasteiger partial charge in [0.2, 0.25) is 0 Å². The summed E-state index contributed by atoms with van der Waals surface area (Å²) in [6.07, 6.45) is 0. The summed E-state index contributed by atoms with van der Waals surface area (Å²) in [6.45, 7) is 0. The zero-order valence-electron chi connectivity index (χ0n) is 11.7. The van der Waals surface area contributed by atoms with Gasteiger partial charge in [-0.05, 0) is 17.7 Å². The highest BCUT2D eigenvalue weighted by Gasteiger charge is 2.14. The van der Waals surface area contributed by atoms with Crippen molar-refractivity contribution in [3.05, 3.63) is 66.0 Å². The molecule has 106 valence electrons. The molecule has 21 heavy (non-hydrogen) atoms. The number of aromatic nitrogens is 3. The van der Waals surface area contributed by atoms with Crippen molar-refractivity contribution in [3.63, 3.8) is 0 Å². The average molecular weight is 280 g/mol. The van der Waals surface area contributed by atoms with Gasteiger partial charge in [0.05, 0.1) is 13.2 Å². The molecule has 5 nitrogen and oxygen atoms in total. The first-order valence-corrected chi connectivity index (χ1v) is 6.65. The van der Waals surface area contributed by atoms with Crippen molar-refractivity contribution in [3.8, 4) is 17.1 Å². The largest absolute Gasteiger partial charge is 0.497 e. The van der Waals surface area contributed by atoms with Gasteiger partial charge in [0.25, 0.3) is 0 Å². The third-order valence-electron chi connectivity index (χ3n) is 3.30. The topological polar surface area (TPSA) is 76.8 Å². The smallest absolute Gasteiger partial charge is 0.181 e. The Bertz CT molecular complexity index is 707.